The average Bonchev–Trinajstić information content (AvgIpc) is 2.77. The molecule has 0 saturated heterocycles. The van der Waals surface area contributed by atoms with E-state index in [0.717, 1.165) is 28.2 Å². The van der Waals surface area contributed by atoms with Gasteiger partial charge >= 0.3 is 5.97 Å². The number of rotatable bonds is 3. The second-order valence-electron chi connectivity index (χ2n) is 4.90. The summed E-state index contributed by atoms with van der Waals surface area (Å²) in [5.74, 6) is -0.132. The van der Waals surface area contributed by atoms with E-state index in [-0.39, 0.29) is 5.56 Å². The highest BCUT2D eigenvalue weighted by atomic mass is 16.4. The van der Waals surface area contributed by atoms with Crippen molar-refractivity contribution in [1.29, 1.82) is 0 Å². The second kappa shape index (κ2) is 4.97. The lowest BCUT2D eigenvalue weighted by Gasteiger charge is -2.06. The number of hydrogen-bond acceptors (Lipinski definition) is 4. The molecule has 0 spiro atoms. The molecule has 6 heteroatoms. The zero-order valence-electron chi connectivity index (χ0n) is 11.7. The van der Waals surface area contributed by atoms with Crippen molar-refractivity contribution >= 4 is 17.0 Å². The van der Waals surface area contributed by atoms with Crippen LogP contribution in [0.2, 0.25) is 0 Å². The first-order valence-corrected chi connectivity index (χ1v) is 6.52. The highest BCUT2D eigenvalue weighted by Gasteiger charge is 2.11. The van der Waals surface area contributed by atoms with Crippen molar-refractivity contribution in [3.05, 3.63) is 53.4 Å². The van der Waals surface area contributed by atoms with Crippen LogP contribution in [0.1, 0.15) is 27.6 Å². The predicted octanol–water partition coefficient (Wildman–Crippen LogP) is 2.19. The number of aryl methyl sites for hydroxylation is 2. The average molecular weight is 282 g/mol. The summed E-state index contributed by atoms with van der Waals surface area (Å²) in [5, 5.41) is 9.11. The van der Waals surface area contributed by atoms with Crippen LogP contribution in [-0.4, -0.2) is 30.6 Å². The highest BCUT2D eigenvalue weighted by Crippen LogP contribution is 2.19. The molecule has 0 amide bonds. The van der Waals surface area contributed by atoms with E-state index >= 15 is 0 Å². The third kappa shape index (κ3) is 2.47. The molecule has 6 nitrogen and oxygen atoms in total. The summed E-state index contributed by atoms with van der Waals surface area (Å²) in [4.78, 5) is 24.1. The zero-order valence-corrected chi connectivity index (χ0v) is 11.7. The van der Waals surface area contributed by atoms with Crippen molar-refractivity contribution in [1.82, 2.24) is 19.5 Å². The first-order chi connectivity index (χ1) is 10.0. The van der Waals surface area contributed by atoms with E-state index in [9.17, 15) is 4.79 Å². The number of aromatic carboxylic acids is 1. The fraction of sp³-hybridized carbons (Fsp3) is 0.200. The lowest BCUT2D eigenvalue weighted by atomic mass is 10.2. The van der Waals surface area contributed by atoms with Crippen molar-refractivity contribution in [2.75, 3.05) is 0 Å². The van der Waals surface area contributed by atoms with Gasteiger partial charge in [-0.05, 0) is 32.0 Å². The molecule has 0 aliphatic carbocycles. The van der Waals surface area contributed by atoms with Gasteiger partial charge in [0, 0.05) is 6.20 Å². The highest BCUT2D eigenvalue weighted by molar-refractivity contribution is 5.92. The molecule has 0 atom stereocenters. The van der Waals surface area contributed by atoms with Gasteiger partial charge in [-0.2, -0.15) is 0 Å². The van der Waals surface area contributed by atoms with Crippen LogP contribution in [0.25, 0.3) is 11.0 Å². The number of carboxylic acid groups (broad SMARTS) is 1. The number of carbonyl (C=O) groups is 1. The van der Waals surface area contributed by atoms with E-state index in [1.807, 2.05) is 18.4 Å². The van der Waals surface area contributed by atoms with Crippen molar-refractivity contribution in [3.8, 4) is 0 Å². The molecule has 0 saturated carbocycles. The van der Waals surface area contributed by atoms with Crippen molar-refractivity contribution < 1.29 is 9.90 Å². The third-order valence-corrected chi connectivity index (χ3v) is 3.34. The van der Waals surface area contributed by atoms with E-state index in [0.29, 0.717) is 6.54 Å². The fourth-order valence-electron chi connectivity index (χ4n) is 2.24. The minimum absolute atomic E-state index is 0.249. The number of imidazole rings is 1. The normalized spacial score (nSPS) is 11.0. The van der Waals surface area contributed by atoms with Crippen LogP contribution in [0.15, 0.2) is 30.6 Å². The summed E-state index contributed by atoms with van der Waals surface area (Å²) in [6, 6.07) is 4.93. The summed E-state index contributed by atoms with van der Waals surface area (Å²) in [6.45, 7) is 4.29. The van der Waals surface area contributed by atoms with Gasteiger partial charge in [-0.1, -0.05) is 0 Å². The van der Waals surface area contributed by atoms with Gasteiger partial charge in [-0.3, -0.25) is 9.97 Å². The summed E-state index contributed by atoms with van der Waals surface area (Å²) in [6.07, 6.45) is 3.44. The Balaban J connectivity index is 2.08. The van der Waals surface area contributed by atoms with Crippen LogP contribution in [0, 0.1) is 13.8 Å². The lowest BCUT2D eigenvalue weighted by Crippen LogP contribution is -2.05. The second-order valence-corrected chi connectivity index (χ2v) is 4.90. The molecule has 2 aromatic heterocycles. The van der Waals surface area contributed by atoms with E-state index in [2.05, 4.69) is 15.0 Å². The molecule has 0 aliphatic heterocycles. The molecule has 106 valence electrons. The maximum Gasteiger partial charge on any atom is 0.335 e. The van der Waals surface area contributed by atoms with Gasteiger partial charge in [0.05, 0.1) is 40.7 Å². The zero-order chi connectivity index (χ0) is 15.0. The van der Waals surface area contributed by atoms with Gasteiger partial charge in [-0.15, -0.1) is 0 Å². The molecule has 1 N–H and O–H groups in total. The van der Waals surface area contributed by atoms with Crippen molar-refractivity contribution in [3.63, 3.8) is 0 Å². The van der Waals surface area contributed by atoms with E-state index in [4.69, 9.17) is 5.11 Å². The Labute approximate surface area is 121 Å². The van der Waals surface area contributed by atoms with E-state index in [1.165, 1.54) is 0 Å². The molecule has 2 heterocycles. The Bertz CT molecular complexity index is 822. The molecule has 0 radical (unpaired) electrons. The molecular weight excluding hydrogens is 268 g/mol. The maximum absolute atomic E-state index is 11.1. The monoisotopic (exact) mass is 282 g/mol. The Morgan fingerprint density at radius 3 is 2.71 bits per heavy atom. The fourth-order valence-corrected chi connectivity index (χ4v) is 2.24. The first-order valence-electron chi connectivity index (χ1n) is 6.52. The molecular formula is C15H14N4O2. The molecule has 0 aliphatic rings. The summed E-state index contributed by atoms with van der Waals surface area (Å²) in [5.41, 5.74) is 3.48. The predicted molar refractivity (Wildman–Crippen MR) is 77.3 cm³/mol. The quantitative estimate of drug-likeness (QED) is 0.796. The Morgan fingerprint density at radius 1 is 1.24 bits per heavy atom. The van der Waals surface area contributed by atoms with Crippen LogP contribution in [0.4, 0.5) is 0 Å². The van der Waals surface area contributed by atoms with Crippen LogP contribution in [0.3, 0.4) is 0 Å². The number of nitrogens with zero attached hydrogens (tertiary/aromatic N) is 4. The van der Waals surface area contributed by atoms with Crippen LogP contribution in [0.5, 0.6) is 0 Å². The number of benzene rings is 1. The van der Waals surface area contributed by atoms with Gasteiger partial charge in [0.1, 0.15) is 5.82 Å². The molecule has 0 bridgehead atoms. The van der Waals surface area contributed by atoms with Crippen LogP contribution in [-0.2, 0) is 6.54 Å². The maximum atomic E-state index is 11.1. The van der Waals surface area contributed by atoms with E-state index < -0.39 is 5.97 Å². The minimum Gasteiger partial charge on any atom is -0.478 e. The number of carboxylic acids is 1. The van der Waals surface area contributed by atoms with Gasteiger partial charge in [-0.25, -0.2) is 9.78 Å². The summed E-state index contributed by atoms with van der Waals surface area (Å²) in [7, 11) is 0. The van der Waals surface area contributed by atoms with Gasteiger partial charge < -0.3 is 9.67 Å². The molecule has 1 aromatic carbocycles. The van der Waals surface area contributed by atoms with Crippen LogP contribution < -0.4 is 0 Å². The molecule has 0 fully saturated rings. The van der Waals surface area contributed by atoms with Crippen LogP contribution >= 0.6 is 0 Å². The first kappa shape index (κ1) is 13.2. The topological polar surface area (TPSA) is 80.9 Å². The standard InChI is InChI=1S/C15H14N4O2/c1-9-6-17-12(7-16-9)8-19-10(2)18-13-4-3-11(15(20)21)5-14(13)19/h3-7H,8H2,1-2H3,(H,20,21). The van der Waals surface area contributed by atoms with Crippen molar-refractivity contribution in [2.45, 2.75) is 20.4 Å². The Kier molecular flexibility index (Phi) is 3.13. The summed E-state index contributed by atoms with van der Waals surface area (Å²) < 4.78 is 1.95. The van der Waals surface area contributed by atoms with E-state index in [1.54, 1.807) is 30.6 Å². The molecule has 3 aromatic rings. The molecule has 3 rings (SSSR count). The Morgan fingerprint density at radius 2 is 2.05 bits per heavy atom. The van der Waals surface area contributed by atoms with Gasteiger partial charge in [0.15, 0.2) is 0 Å². The number of aromatic nitrogens is 4. The SMILES string of the molecule is Cc1cnc(Cn2c(C)nc3ccc(C(=O)O)cc32)cn1. The third-order valence-electron chi connectivity index (χ3n) is 3.34. The number of fused-ring (bicyclic) bond motifs is 1. The lowest BCUT2D eigenvalue weighted by molar-refractivity contribution is 0.0697. The minimum atomic E-state index is -0.947. The van der Waals surface area contributed by atoms with Crippen molar-refractivity contribution in [2.24, 2.45) is 0 Å². The molecule has 21 heavy (non-hydrogen) atoms. The number of hydrogen-bond donors (Lipinski definition) is 1. The summed E-state index contributed by atoms with van der Waals surface area (Å²) >= 11 is 0. The van der Waals surface area contributed by atoms with Gasteiger partial charge in [0.2, 0.25) is 0 Å². The van der Waals surface area contributed by atoms with Gasteiger partial charge in [0.25, 0.3) is 0 Å². The largest absolute Gasteiger partial charge is 0.478 e. The smallest absolute Gasteiger partial charge is 0.335 e. The Hall–Kier alpha value is -2.76. The molecule has 0 unspecified atom stereocenters.